The minimum Gasteiger partial charge on any atom is -0.454 e. The van der Waals surface area contributed by atoms with E-state index in [1.54, 1.807) is 12.1 Å². The van der Waals surface area contributed by atoms with Gasteiger partial charge in [-0.2, -0.15) is 5.10 Å². The molecule has 0 saturated carbocycles. The van der Waals surface area contributed by atoms with Gasteiger partial charge in [0.1, 0.15) is 18.2 Å². The van der Waals surface area contributed by atoms with Gasteiger partial charge in [-0.3, -0.25) is 19.6 Å². The molecule has 8 nitrogen and oxygen atoms in total. The predicted molar refractivity (Wildman–Crippen MR) is 69.3 cm³/mol. The van der Waals surface area contributed by atoms with Crippen LogP contribution in [0.1, 0.15) is 30.2 Å². The van der Waals surface area contributed by atoms with Crippen molar-refractivity contribution in [2.45, 2.75) is 26.4 Å². The number of furan rings is 1. The molecule has 2 aromatic heterocycles. The summed E-state index contributed by atoms with van der Waals surface area (Å²) in [5.74, 6) is 0.407. The van der Waals surface area contributed by atoms with Crippen molar-refractivity contribution in [1.29, 1.82) is 0 Å². The van der Waals surface area contributed by atoms with Crippen LogP contribution in [0.25, 0.3) is 0 Å². The molecular formula is C12H14N4O4. The van der Waals surface area contributed by atoms with Gasteiger partial charge in [-0.25, -0.2) is 0 Å². The Labute approximate surface area is 114 Å². The van der Waals surface area contributed by atoms with E-state index in [2.05, 4.69) is 10.4 Å². The fourth-order valence-corrected chi connectivity index (χ4v) is 1.61. The van der Waals surface area contributed by atoms with E-state index >= 15 is 0 Å². The van der Waals surface area contributed by atoms with Crippen LogP contribution < -0.4 is 5.32 Å². The van der Waals surface area contributed by atoms with Crippen molar-refractivity contribution in [2.75, 3.05) is 0 Å². The van der Waals surface area contributed by atoms with E-state index in [9.17, 15) is 14.9 Å². The molecule has 1 amide bonds. The molecule has 0 atom stereocenters. The van der Waals surface area contributed by atoms with Gasteiger partial charge >= 0.3 is 5.69 Å². The van der Waals surface area contributed by atoms with Gasteiger partial charge in [0.05, 0.1) is 11.5 Å². The molecule has 0 aliphatic rings. The van der Waals surface area contributed by atoms with Crippen LogP contribution in [0.3, 0.4) is 0 Å². The second-order valence-electron chi connectivity index (χ2n) is 4.55. The number of aromatic nitrogens is 2. The highest BCUT2D eigenvalue weighted by Gasteiger charge is 2.14. The lowest BCUT2D eigenvalue weighted by molar-refractivity contribution is -0.385. The quantitative estimate of drug-likeness (QED) is 0.660. The third-order valence-corrected chi connectivity index (χ3v) is 2.45. The van der Waals surface area contributed by atoms with Crippen LogP contribution in [0.4, 0.5) is 5.69 Å². The molecule has 0 saturated heterocycles. The minimum atomic E-state index is -0.521. The molecule has 1 N–H and O–H groups in total. The lowest BCUT2D eigenvalue weighted by atomic mass is 10.3. The van der Waals surface area contributed by atoms with Gasteiger partial charge in [-0.05, 0) is 26.0 Å². The summed E-state index contributed by atoms with van der Waals surface area (Å²) in [5, 5.41) is 17.1. The number of amides is 1. The van der Waals surface area contributed by atoms with Gasteiger partial charge in [0.25, 0.3) is 5.91 Å². The first-order valence-electron chi connectivity index (χ1n) is 6.02. The third kappa shape index (κ3) is 3.22. The summed E-state index contributed by atoms with van der Waals surface area (Å²) >= 11 is 0. The maximum Gasteiger partial charge on any atom is 0.307 e. The van der Waals surface area contributed by atoms with Crippen molar-refractivity contribution in [2.24, 2.45) is 0 Å². The molecule has 0 fully saturated rings. The number of carbonyl (C=O) groups excluding carboxylic acids is 1. The minimum absolute atomic E-state index is 0.0183. The Balaban J connectivity index is 2.05. The molecule has 0 aliphatic heterocycles. The summed E-state index contributed by atoms with van der Waals surface area (Å²) in [5.41, 5.74) is -0.0886. The number of hydrogen-bond donors (Lipinski definition) is 1. The van der Waals surface area contributed by atoms with Crippen LogP contribution >= 0.6 is 0 Å². The van der Waals surface area contributed by atoms with E-state index in [1.165, 1.54) is 10.9 Å². The van der Waals surface area contributed by atoms with E-state index in [0.717, 1.165) is 6.20 Å². The monoisotopic (exact) mass is 278 g/mol. The number of rotatable bonds is 5. The van der Waals surface area contributed by atoms with Crippen molar-refractivity contribution < 1.29 is 14.1 Å². The predicted octanol–water partition coefficient (Wildman–Crippen LogP) is 1.57. The van der Waals surface area contributed by atoms with Gasteiger partial charge in [0.2, 0.25) is 0 Å². The van der Waals surface area contributed by atoms with Crippen molar-refractivity contribution in [1.82, 2.24) is 15.1 Å². The van der Waals surface area contributed by atoms with Gasteiger partial charge in [-0.1, -0.05) is 0 Å². The maximum absolute atomic E-state index is 11.7. The topological polar surface area (TPSA) is 103 Å². The summed E-state index contributed by atoms with van der Waals surface area (Å²) in [4.78, 5) is 21.7. The Bertz CT molecular complexity index is 629. The zero-order valence-corrected chi connectivity index (χ0v) is 11.1. The van der Waals surface area contributed by atoms with E-state index in [1.807, 2.05) is 13.8 Å². The summed E-state index contributed by atoms with van der Waals surface area (Å²) in [6.45, 7) is 3.93. The lowest BCUT2D eigenvalue weighted by Crippen LogP contribution is -2.29. The van der Waals surface area contributed by atoms with E-state index < -0.39 is 4.92 Å². The highest BCUT2D eigenvalue weighted by Crippen LogP contribution is 2.12. The standard InChI is InChI=1S/C12H14N4O4/c1-8(2)14-12(17)11-4-3-10(20-11)7-15-6-9(5-13-15)16(18)19/h3-6,8H,7H2,1-2H3,(H,14,17). The average Bonchev–Trinajstić information content (AvgIpc) is 2.97. The molecule has 0 bridgehead atoms. The Kier molecular flexibility index (Phi) is 3.83. The highest BCUT2D eigenvalue weighted by atomic mass is 16.6. The molecule has 8 heteroatoms. The molecule has 0 aliphatic carbocycles. The molecule has 0 radical (unpaired) electrons. The second-order valence-corrected chi connectivity index (χ2v) is 4.55. The summed E-state index contributed by atoms with van der Waals surface area (Å²) in [7, 11) is 0. The number of nitrogens with one attached hydrogen (secondary N) is 1. The summed E-state index contributed by atoms with van der Waals surface area (Å²) < 4.78 is 6.75. The van der Waals surface area contributed by atoms with Crippen LogP contribution in [0.15, 0.2) is 28.9 Å². The number of nitrogens with zero attached hydrogens (tertiary/aromatic N) is 3. The van der Waals surface area contributed by atoms with Gasteiger partial charge in [0, 0.05) is 6.04 Å². The second kappa shape index (κ2) is 5.55. The molecule has 0 aromatic carbocycles. The Morgan fingerprint density at radius 1 is 1.55 bits per heavy atom. The molecule has 106 valence electrons. The molecular weight excluding hydrogens is 264 g/mol. The largest absolute Gasteiger partial charge is 0.454 e. The van der Waals surface area contributed by atoms with Crippen LogP contribution in [0, 0.1) is 10.1 Å². The van der Waals surface area contributed by atoms with Crippen molar-refractivity contribution in [3.8, 4) is 0 Å². The normalized spacial score (nSPS) is 10.8. The fraction of sp³-hybridized carbons (Fsp3) is 0.333. The molecule has 0 unspecified atom stereocenters. The fourth-order valence-electron chi connectivity index (χ4n) is 1.61. The first kappa shape index (κ1) is 13.8. The van der Waals surface area contributed by atoms with Crippen molar-refractivity contribution in [3.05, 3.63) is 46.2 Å². The van der Waals surface area contributed by atoms with E-state index in [-0.39, 0.29) is 29.9 Å². The number of nitro groups is 1. The van der Waals surface area contributed by atoms with E-state index in [4.69, 9.17) is 4.42 Å². The Morgan fingerprint density at radius 2 is 2.30 bits per heavy atom. The van der Waals surface area contributed by atoms with Gasteiger partial charge < -0.3 is 9.73 Å². The molecule has 2 rings (SSSR count). The molecule has 2 aromatic rings. The number of carbonyl (C=O) groups is 1. The van der Waals surface area contributed by atoms with E-state index in [0.29, 0.717) is 5.76 Å². The first-order chi connectivity index (χ1) is 9.45. The Morgan fingerprint density at radius 3 is 2.90 bits per heavy atom. The van der Waals surface area contributed by atoms with Crippen molar-refractivity contribution >= 4 is 11.6 Å². The molecule has 20 heavy (non-hydrogen) atoms. The average molecular weight is 278 g/mol. The van der Waals surface area contributed by atoms with Crippen LogP contribution in [0.5, 0.6) is 0 Å². The summed E-state index contributed by atoms with van der Waals surface area (Å²) in [6, 6.07) is 3.22. The number of hydrogen-bond acceptors (Lipinski definition) is 5. The molecule has 2 heterocycles. The molecule has 0 spiro atoms. The van der Waals surface area contributed by atoms with Crippen molar-refractivity contribution in [3.63, 3.8) is 0 Å². The first-order valence-corrected chi connectivity index (χ1v) is 6.02. The van der Waals surface area contributed by atoms with Crippen LogP contribution in [0.2, 0.25) is 0 Å². The van der Waals surface area contributed by atoms with Gasteiger partial charge in [0.15, 0.2) is 5.76 Å². The lowest BCUT2D eigenvalue weighted by Gasteiger charge is -2.05. The third-order valence-electron chi connectivity index (χ3n) is 2.45. The smallest absolute Gasteiger partial charge is 0.307 e. The Hall–Kier alpha value is -2.64. The summed E-state index contributed by atoms with van der Waals surface area (Å²) in [6.07, 6.45) is 2.46. The maximum atomic E-state index is 11.7. The highest BCUT2D eigenvalue weighted by molar-refractivity contribution is 5.91. The zero-order valence-electron chi connectivity index (χ0n) is 11.1. The van der Waals surface area contributed by atoms with Crippen LogP contribution in [-0.2, 0) is 6.54 Å². The van der Waals surface area contributed by atoms with Crippen LogP contribution in [-0.4, -0.2) is 26.7 Å². The van der Waals surface area contributed by atoms with Gasteiger partial charge in [-0.15, -0.1) is 0 Å². The SMILES string of the molecule is CC(C)NC(=O)c1ccc(Cn2cc([N+](=O)[O-])cn2)o1. The zero-order chi connectivity index (χ0) is 14.7.